The molecule has 0 spiro atoms. The molecule has 2 saturated carbocycles. The van der Waals surface area contributed by atoms with Crippen LogP contribution in [0.2, 0.25) is 0 Å². The van der Waals surface area contributed by atoms with E-state index < -0.39 is 28.9 Å². The number of aromatic nitrogens is 1. The molecule has 0 unspecified atom stereocenters. The zero-order chi connectivity index (χ0) is 35.6. The van der Waals surface area contributed by atoms with Gasteiger partial charge < -0.3 is 30.5 Å². The third-order valence-electron chi connectivity index (χ3n) is 9.53. The molecule has 5 rings (SSSR count). The lowest BCUT2D eigenvalue weighted by molar-refractivity contribution is -0.117. The summed E-state index contributed by atoms with van der Waals surface area (Å²) < 4.78 is 5.53. The van der Waals surface area contributed by atoms with Crippen LogP contribution in [0.3, 0.4) is 0 Å². The summed E-state index contributed by atoms with van der Waals surface area (Å²) in [4.78, 5) is 44.0. The summed E-state index contributed by atoms with van der Waals surface area (Å²) in [6.45, 7) is 11.0. The number of ether oxygens (including phenoxy) is 1. The topological polar surface area (TPSA) is 141 Å². The van der Waals surface area contributed by atoms with Gasteiger partial charge in [-0.1, -0.05) is 54.6 Å². The number of carbonyl (C=O) groups excluding carboxylic acids is 2. The third-order valence-corrected chi connectivity index (χ3v) is 9.53. The molecular formula is C39H50N4O6. The molecule has 0 saturated heterocycles. The van der Waals surface area contributed by atoms with Crippen LogP contribution in [0, 0.1) is 5.92 Å². The smallest absolute Gasteiger partial charge is 0.408 e. The normalized spacial score (nSPS) is 23.7. The minimum atomic E-state index is -0.898. The summed E-state index contributed by atoms with van der Waals surface area (Å²) in [5.41, 5.74) is 2.61. The first-order valence-corrected chi connectivity index (χ1v) is 17.3. The van der Waals surface area contributed by atoms with Gasteiger partial charge in [0, 0.05) is 42.5 Å². The van der Waals surface area contributed by atoms with Gasteiger partial charge in [0.1, 0.15) is 5.60 Å². The summed E-state index contributed by atoms with van der Waals surface area (Å²) in [7, 11) is 0. The molecule has 10 nitrogen and oxygen atoms in total. The largest absolute Gasteiger partial charge is 0.465 e. The monoisotopic (exact) mass is 670 g/mol. The van der Waals surface area contributed by atoms with E-state index in [1.54, 1.807) is 18.0 Å². The fourth-order valence-electron chi connectivity index (χ4n) is 7.56. The number of aliphatic hydroxyl groups is 1. The van der Waals surface area contributed by atoms with Crippen molar-refractivity contribution in [3.63, 3.8) is 0 Å². The number of pyridine rings is 1. The van der Waals surface area contributed by atoms with Crippen LogP contribution in [-0.2, 0) is 15.1 Å². The highest BCUT2D eigenvalue weighted by atomic mass is 16.6. The number of carbonyl (C=O) groups is 3. The van der Waals surface area contributed by atoms with E-state index >= 15 is 0 Å². The zero-order valence-electron chi connectivity index (χ0n) is 29.5. The Labute approximate surface area is 289 Å². The van der Waals surface area contributed by atoms with E-state index in [0.29, 0.717) is 24.9 Å². The van der Waals surface area contributed by atoms with E-state index in [0.717, 1.165) is 53.6 Å². The van der Waals surface area contributed by atoms with Crippen LogP contribution in [0.25, 0.3) is 22.4 Å². The lowest BCUT2D eigenvalue weighted by Crippen LogP contribution is -2.62. The average molecular weight is 671 g/mol. The van der Waals surface area contributed by atoms with Crippen molar-refractivity contribution in [3.05, 3.63) is 72.4 Å². The molecule has 2 fully saturated rings. The Hall–Kier alpha value is -4.44. The van der Waals surface area contributed by atoms with Crippen LogP contribution in [0.4, 0.5) is 15.3 Å². The molecule has 0 atom stereocenters. The SMILES string of the molecule is CC(C)N(C(=O)O)[C@H]1CC[C@H](CC(=O)Nc2cnc(-c3ccc([C@]4(NC(=O)OC(C)(C)C)C[C@](C)(O)C4)cc3)c(-c3ccccc3)c2)CC1. The molecule has 2 aliphatic rings. The first kappa shape index (κ1) is 35.9. The summed E-state index contributed by atoms with van der Waals surface area (Å²) in [5.74, 6) is 0.116. The van der Waals surface area contributed by atoms with Crippen molar-refractivity contribution in [1.82, 2.24) is 15.2 Å². The minimum absolute atomic E-state index is 0.00794. The molecule has 3 aromatic rings. The van der Waals surface area contributed by atoms with Gasteiger partial charge in [0.15, 0.2) is 0 Å². The predicted octanol–water partition coefficient (Wildman–Crippen LogP) is 7.96. The van der Waals surface area contributed by atoms with Crippen molar-refractivity contribution in [3.8, 4) is 22.4 Å². The van der Waals surface area contributed by atoms with Crippen molar-refractivity contribution in [2.45, 2.75) is 115 Å². The van der Waals surface area contributed by atoms with Gasteiger partial charge in [-0.05, 0) is 90.3 Å². The van der Waals surface area contributed by atoms with Gasteiger partial charge in [-0.3, -0.25) is 9.78 Å². The van der Waals surface area contributed by atoms with E-state index in [9.17, 15) is 24.6 Å². The molecule has 0 bridgehead atoms. The molecule has 0 radical (unpaired) electrons. The second-order valence-electron chi connectivity index (χ2n) is 15.3. The number of hydrogen-bond donors (Lipinski definition) is 4. The molecule has 3 amide bonds. The highest BCUT2D eigenvalue weighted by Crippen LogP contribution is 2.49. The van der Waals surface area contributed by atoms with Gasteiger partial charge in [-0.15, -0.1) is 0 Å². The summed E-state index contributed by atoms with van der Waals surface area (Å²) >= 11 is 0. The van der Waals surface area contributed by atoms with Crippen LogP contribution in [0.1, 0.15) is 92.1 Å². The average Bonchev–Trinajstić information content (AvgIpc) is 3.00. The van der Waals surface area contributed by atoms with Gasteiger partial charge >= 0.3 is 12.2 Å². The van der Waals surface area contributed by atoms with E-state index in [2.05, 4.69) is 10.6 Å². The fraction of sp³-hybridized carbons (Fsp3) is 0.487. The molecule has 0 aliphatic heterocycles. The first-order valence-electron chi connectivity index (χ1n) is 17.3. The maximum Gasteiger partial charge on any atom is 0.408 e. The fourth-order valence-corrected chi connectivity index (χ4v) is 7.56. The lowest BCUT2D eigenvalue weighted by atomic mass is 9.62. The number of alkyl carbamates (subject to hydrolysis) is 1. The predicted molar refractivity (Wildman–Crippen MR) is 190 cm³/mol. The van der Waals surface area contributed by atoms with Gasteiger partial charge in [0.05, 0.1) is 28.7 Å². The Morgan fingerprint density at radius 3 is 2.16 bits per heavy atom. The van der Waals surface area contributed by atoms with Crippen molar-refractivity contribution in [1.29, 1.82) is 0 Å². The number of benzene rings is 2. The molecule has 1 heterocycles. The second kappa shape index (κ2) is 14.2. The molecule has 262 valence electrons. The Balaban J connectivity index is 1.32. The summed E-state index contributed by atoms with van der Waals surface area (Å²) in [5, 5.41) is 26.4. The molecule has 1 aromatic heterocycles. The van der Waals surface area contributed by atoms with Crippen LogP contribution in [0.15, 0.2) is 66.9 Å². The van der Waals surface area contributed by atoms with Crippen LogP contribution in [-0.4, -0.2) is 61.5 Å². The van der Waals surface area contributed by atoms with Crippen LogP contribution in [0.5, 0.6) is 0 Å². The Morgan fingerprint density at radius 2 is 1.61 bits per heavy atom. The number of carboxylic acid groups (broad SMARTS) is 1. The van der Waals surface area contributed by atoms with Crippen molar-refractivity contribution < 1.29 is 29.3 Å². The standard InChI is InChI=1S/C39H50N4O6/c1-25(2)43(36(46)47)31-18-12-26(13-19-31)20-33(44)41-30-21-32(27-10-8-7-9-11-27)34(40-22-30)28-14-16-29(17-15-28)39(23-38(6,48)24-39)42-35(45)49-37(3,4)5/h7-11,14-17,21-22,25-26,31,48H,12-13,18-20,23-24H2,1-6H3,(H,41,44)(H,42,45)(H,46,47)/t26-,31-,38-,39-. The first-order chi connectivity index (χ1) is 23.0. The zero-order valence-corrected chi connectivity index (χ0v) is 29.5. The number of nitrogens with zero attached hydrogens (tertiary/aromatic N) is 2. The number of rotatable bonds is 9. The molecule has 2 aromatic carbocycles. The number of hydrogen-bond acceptors (Lipinski definition) is 6. The van der Waals surface area contributed by atoms with Crippen molar-refractivity contribution >= 4 is 23.8 Å². The highest BCUT2D eigenvalue weighted by molar-refractivity contribution is 5.93. The van der Waals surface area contributed by atoms with Gasteiger partial charge in [0.2, 0.25) is 5.91 Å². The minimum Gasteiger partial charge on any atom is -0.465 e. The van der Waals surface area contributed by atoms with E-state index in [4.69, 9.17) is 9.72 Å². The summed E-state index contributed by atoms with van der Waals surface area (Å²) in [6.07, 6.45) is 4.49. The number of nitrogens with one attached hydrogen (secondary N) is 2. The Bertz CT molecular complexity index is 1630. The number of anilines is 1. The maximum atomic E-state index is 13.2. The second-order valence-corrected chi connectivity index (χ2v) is 15.3. The van der Waals surface area contributed by atoms with E-state index in [1.165, 1.54) is 0 Å². The molecule has 2 aliphatic carbocycles. The van der Waals surface area contributed by atoms with Crippen LogP contribution >= 0.6 is 0 Å². The van der Waals surface area contributed by atoms with Crippen molar-refractivity contribution in [2.24, 2.45) is 5.92 Å². The van der Waals surface area contributed by atoms with E-state index in [-0.39, 0.29) is 23.9 Å². The molecule has 4 N–H and O–H groups in total. The highest BCUT2D eigenvalue weighted by Gasteiger charge is 2.53. The summed E-state index contributed by atoms with van der Waals surface area (Å²) in [6, 6.07) is 19.6. The molecule has 10 heteroatoms. The van der Waals surface area contributed by atoms with Gasteiger partial charge in [-0.25, -0.2) is 9.59 Å². The van der Waals surface area contributed by atoms with Crippen LogP contribution < -0.4 is 10.6 Å². The quantitative estimate of drug-likeness (QED) is 0.181. The number of amides is 3. The lowest BCUT2D eigenvalue weighted by Gasteiger charge is -2.52. The van der Waals surface area contributed by atoms with E-state index in [1.807, 2.05) is 95.3 Å². The van der Waals surface area contributed by atoms with Crippen molar-refractivity contribution in [2.75, 3.05) is 5.32 Å². The Morgan fingerprint density at radius 1 is 0.980 bits per heavy atom. The Kier molecular flexibility index (Phi) is 10.4. The maximum absolute atomic E-state index is 13.2. The third kappa shape index (κ3) is 8.78. The van der Waals surface area contributed by atoms with Gasteiger partial charge in [0.25, 0.3) is 0 Å². The van der Waals surface area contributed by atoms with Gasteiger partial charge in [-0.2, -0.15) is 0 Å². The molecular weight excluding hydrogens is 620 g/mol. The molecule has 49 heavy (non-hydrogen) atoms.